The Hall–Kier alpha value is -2.11. The third-order valence-corrected chi connectivity index (χ3v) is 7.77. The number of hydrogen-bond donors (Lipinski definition) is 0. The molecule has 5 heteroatoms. The van der Waals surface area contributed by atoms with E-state index in [9.17, 15) is 4.79 Å². The van der Waals surface area contributed by atoms with Crippen molar-refractivity contribution < 1.29 is 14.3 Å². The summed E-state index contributed by atoms with van der Waals surface area (Å²) in [4.78, 5) is 15.4. The standard InChI is InChI=1S/C26H34N2O3/c1-16-18(23-30-25(4,5)26(6,7)31-23)9-8-10-19(16)28-12-11-27-20(22(28)29)13-17-14-24(2,3)15-21(17)27/h8-10,13,23H,11-12,14-15H2,1-7H3. The number of amides is 1. The highest BCUT2D eigenvalue weighted by molar-refractivity contribution is 6.06. The van der Waals surface area contributed by atoms with Gasteiger partial charge in [-0.15, -0.1) is 0 Å². The zero-order valence-electron chi connectivity index (χ0n) is 19.8. The van der Waals surface area contributed by atoms with Gasteiger partial charge >= 0.3 is 0 Å². The van der Waals surface area contributed by atoms with Gasteiger partial charge in [0.15, 0.2) is 6.29 Å². The molecule has 1 aromatic carbocycles. The fourth-order valence-corrected chi connectivity index (χ4v) is 5.30. The molecule has 1 saturated heterocycles. The van der Waals surface area contributed by atoms with Gasteiger partial charge in [0.2, 0.25) is 0 Å². The van der Waals surface area contributed by atoms with E-state index >= 15 is 0 Å². The lowest BCUT2D eigenvalue weighted by Crippen LogP contribution is -2.41. The van der Waals surface area contributed by atoms with Crippen LogP contribution in [0, 0.1) is 12.3 Å². The van der Waals surface area contributed by atoms with Crippen LogP contribution in [0.4, 0.5) is 5.69 Å². The van der Waals surface area contributed by atoms with E-state index in [1.165, 1.54) is 11.3 Å². The average Bonchev–Trinajstić information content (AvgIpc) is 3.21. The minimum atomic E-state index is -0.431. The van der Waals surface area contributed by atoms with Gasteiger partial charge in [0.1, 0.15) is 5.69 Å². The smallest absolute Gasteiger partial charge is 0.274 e. The molecular weight excluding hydrogens is 388 g/mol. The fraction of sp³-hybridized carbons (Fsp3) is 0.577. The molecule has 5 nitrogen and oxygen atoms in total. The van der Waals surface area contributed by atoms with Crippen molar-refractivity contribution in [1.29, 1.82) is 0 Å². The first kappa shape index (κ1) is 20.8. The molecule has 0 bridgehead atoms. The number of anilines is 1. The second kappa shape index (κ2) is 6.46. The van der Waals surface area contributed by atoms with Crippen molar-refractivity contribution in [2.24, 2.45) is 5.41 Å². The van der Waals surface area contributed by atoms with Crippen LogP contribution in [0.3, 0.4) is 0 Å². The number of fused-ring (bicyclic) bond motifs is 3. The van der Waals surface area contributed by atoms with Gasteiger partial charge in [0, 0.05) is 30.0 Å². The van der Waals surface area contributed by atoms with E-state index in [4.69, 9.17) is 9.47 Å². The zero-order chi connectivity index (χ0) is 22.3. The van der Waals surface area contributed by atoms with Gasteiger partial charge in [-0.2, -0.15) is 0 Å². The van der Waals surface area contributed by atoms with Crippen LogP contribution in [0.1, 0.15) is 80.7 Å². The minimum Gasteiger partial charge on any atom is -0.339 e. The molecule has 0 unspecified atom stereocenters. The van der Waals surface area contributed by atoms with Gasteiger partial charge in [-0.05, 0) is 76.1 Å². The van der Waals surface area contributed by atoms with E-state index in [1.54, 1.807) is 0 Å². The molecule has 31 heavy (non-hydrogen) atoms. The van der Waals surface area contributed by atoms with E-state index in [2.05, 4.69) is 65.2 Å². The summed E-state index contributed by atoms with van der Waals surface area (Å²) in [5, 5.41) is 0. The third kappa shape index (κ3) is 3.08. The van der Waals surface area contributed by atoms with Crippen molar-refractivity contribution in [3.63, 3.8) is 0 Å². The minimum absolute atomic E-state index is 0.0904. The average molecular weight is 423 g/mol. The molecule has 0 radical (unpaired) electrons. The summed E-state index contributed by atoms with van der Waals surface area (Å²) < 4.78 is 14.8. The Morgan fingerprint density at radius 2 is 1.65 bits per heavy atom. The van der Waals surface area contributed by atoms with E-state index in [0.717, 1.165) is 41.9 Å². The molecule has 1 fully saturated rings. The number of carbonyl (C=O) groups is 1. The number of benzene rings is 1. The van der Waals surface area contributed by atoms with Gasteiger partial charge < -0.3 is 18.9 Å². The number of hydrogen-bond acceptors (Lipinski definition) is 3. The molecule has 3 aliphatic rings. The largest absolute Gasteiger partial charge is 0.339 e. The van der Waals surface area contributed by atoms with Crippen LogP contribution in [-0.4, -0.2) is 28.2 Å². The molecule has 0 N–H and O–H groups in total. The van der Waals surface area contributed by atoms with Gasteiger partial charge in [-0.25, -0.2) is 0 Å². The quantitative estimate of drug-likeness (QED) is 0.669. The van der Waals surface area contributed by atoms with E-state index in [0.29, 0.717) is 12.0 Å². The maximum absolute atomic E-state index is 13.5. The van der Waals surface area contributed by atoms with Crippen molar-refractivity contribution in [1.82, 2.24) is 4.57 Å². The Balaban J connectivity index is 1.47. The SMILES string of the molecule is Cc1c(C2OC(C)(C)C(C)(C)O2)cccc1N1CCn2c(cc3c2CC(C)(C)C3)C1=O. The molecule has 0 atom stereocenters. The lowest BCUT2D eigenvalue weighted by Gasteiger charge is -2.32. The number of ether oxygens (including phenoxy) is 2. The summed E-state index contributed by atoms with van der Waals surface area (Å²) in [7, 11) is 0. The maximum atomic E-state index is 13.5. The summed E-state index contributed by atoms with van der Waals surface area (Å²) in [5.74, 6) is 0.0904. The molecule has 5 rings (SSSR count). The maximum Gasteiger partial charge on any atom is 0.274 e. The first-order valence-electron chi connectivity index (χ1n) is 11.4. The summed E-state index contributed by atoms with van der Waals surface area (Å²) in [6.07, 6.45) is 1.66. The monoisotopic (exact) mass is 422 g/mol. The highest BCUT2D eigenvalue weighted by Crippen LogP contribution is 2.46. The third-order valence-electron chi connectivity index (χ3n) is 7.77. The van der Waals surface area contributed by atoms with Crippen LogP contribution < -0.4 is 4.90 Å². The number of carbonyl (C=O) groups excluding carboxylic acids is 1. The van der Waals surface area contributed by atoms with Crippen LogP contribution in [0.5, 0.6) is 0 Å². The summed E-state index contributed by atoms with van der Waals surface area (Å²) in [5.41, 5.74) is 6.02. The molecule has 2 aliphatic heterocycles. The number of aromatic nitrogens is 1. The normalized spacial score (nSPS) is 23.8. The molecule has 1 aromatic heterocycles. The van der Waals surface area contributed by atoms with Gasteiger partial charge in [0.05, 0.1) is 11.2 Å². The molecule has 0 spiro atoms. The second-order valence-corrected chi connectivity index (χ2v) is 11.2. The molecule has 3 heterocycles. The lowest BCUT2D eigenvalue weighted by atomic mass is 9.90. The van der Waals surface area contributed by atoms with Crippen LogP contribution in [-0.2, 0) is 28.9 Å². The summed E-state index contributed by atoms with van der Waals surface area (Å²) in [6, 6.07) is 8.23. The first-order chi connectivity index (χ1) is 14.4. The van der Waals surface area contributed by atoms with Crippen molar-refractivity contribution in [2.75, 3.05) is 11.4 Å². The van der Waals surface area contributed by atoms with Crippen molar-refractivity contribution >= 4 is 11.6 Å². The Morgan fingerprint density at radius 3 is 2.32 bits per heavy atom. The second-order valence-electron chi connectivity index (χ2n) is 11.2. The Morgan fingerprint density at radius 1 is 0.968 bits per heavy atom. The molecular formula is C26H34N2O3. The van der Waals surface area contributed by atoms with Crippen LogP contribution in [0.2, 0.25) is 0 Å². The Labute approximate surface area is 185 Å². The molecule has 166 valence electrons. The van der Waals surface area contributed by atoms with Gasteiger partial charge in [0.25, 0.3) is 5.91 Å². The predicted molar refractivity (Wildman–Crippen MR) is 122 cm³/mol. The Kier molecular flexibility index (Phi) is 4.33. The molecule has 1 aliphatic carbocycles. The summed E-state index contributed by atoms with van der Waals surface area (Å²) in [6.45, 7) is 16.5. The van der Waals surface area contributed by atoms with Crippen molar-refractivity contribution in [2.45, 2.75) is 85.3 Å². The zero-order valence-corrected chi connectivity index (χ0v) is 19.8. The predicted octanol–water partition coefficient (Wildman–Crippen LogP) is 5.18. The first-order valence-corrected chi connectivity index (χ1v) is 11.4. The molecule has 1 amide bonds. The highest BCUT2D eigenvalue weighted by Gasteiger charge is 2.50. The van der Waals surface area contributed by atoms with E-state index in [-0.39, 0.29) is 5.91 Å². The number of rotatable bonds is 2. The van der Waals surface area contributed by atoms with Gasteiger partial charge in [-0.1, -0.05) is 26.0 Å². The lowest BCUT2D eigenvalue weighted by molar-refractivity contribution is -0.0899. The fourth-order valence-electron chi connectivity index (χ4n) is 5.30. The Bertz CT molecular complexity index is 1060. The highest BCUT2D eigenvalue weighted by atomic mass is 16.7. The summed E-state index contributed by atoms with van der Waals surface area (Å²) >= 11 is 0. The number of nitrogens with zero attached hydrogens (tertiary/aromatic N) is 2. The van der Waals surface area contributed by atoms with Crippen LogP contribution in [0.25, 0.3) is 0 Å². The molecule has 0 saturated carbocycles. The van der Waals surface area contributed by atoms with E-state index in [1.807, 2.05) is 17.0 Å². The van der Waals surface area contributed by atoms with Crippen molar-refractivity contribution in [3.8, 4) is 0 Å². The van der Waals surface area contributed by atoms with Crippen LogP contribution in [0.15, 0.2) is 24.3 Å². The van der Waals surface area contributed by atoms with Crippen LogP contribution >= 0.6 is 0 Å². The van der Waals surface area contributed by atoms with Crippen molar-refractivity contribution in [3.05, 3.63) is 52.3 Å². The van der Waals surface area contributed by atoms with Gasteiger partial charge in [-0.3, -0.25) is 4.79 Å². The topological polar surface area (TPSA) is 43.7 Å². The van der Waals surface area contributed by atoms with E-state index < -0.39 is 17.5 Å². The molecule has 2 aromatic rings.